The SMILES string of the molecule is CC(C)Cc1nc2cc(NS(=O)(=O)N(C)C)cc(C(=O)N3CCc4ccccc4C3)c2n1C. The number of benzene rings is 2. The van der Waals surface area contributed by atoms with E-state index in [0.717, 1.165) is 34.1 Å². The van der Waals surface area contributed by atoms with Gasteiger partial charge in [0.15, 0.2) is 0 Å². The van der Waals surface area contributed by atoms with Gasteiger partial charge in [0.1, 0.15) is 5.82 Å². The minimum Gasteiger partial charge on any atom is -0.334 e. The molecular formula is C24H31N5O3S. The lowest BCUT2D eigenvalue weighted by Gasteiger charge is -2.29. The van der Waals surface area contributed by atoms with E-state index in [0.29, 0.717) is 35.8 Å². The van der Waals surface area contributed by atoms with E-state index in [9.17, 15) is 13.2 Å². The molecule has 0 atom stereocenters. The highest BCUT2D eigenvalue weighted by atomic mass is 32.2. The van der Waals surface area contributed by atoms with Gasteiger partial charge < -0.3 is 9.47 Å². The first-order valence-electron chi connectivity index (χ1n) is 11.1. The monoisotopic (exact) mass is 469 g/mol. The number of carbonyl (C=O) groups excluding carboxylic acids is 1. The van der Waals surface area contributed by atoms with E-state index in [-0.39, 0.29) is 5.91 Å². The van der Waals surface area contributed by atoms with Crippen molar-refractivity contribution in [3.8, 4) is 0 Å². The van der Waals surface area contributed by atoms with Crippen molar-refractivity contribution < 1.29 is 13.2 Å². The van der Waals surface area contributed by atoms with Gasteiger partial charge >= 0.3 is 10.2 Å². The summed E-state index contributed by atoms with van der Waals surface area (Å²) in [6.07, 6.45) is 1.55. The maximum atomic E-state index is 13.8. The molecule has 9 heteroatoms. The summed E-state index contributed by atoms with van der Waals surface area (Å²) in [6, 6.07) is 11.5. The van der Waals surface area contributed by atoms with Crippen LogP contribution in [0.2, 0.25) is 0 Å². The van der Waals surface area contributed by atoms with Crippen LogP contribution in [0.25, 0.3) is 11.0 Å². The molecule has 0 unspecified atom stereocenters. The minimum atomic E-state index is -3.73. The first-order valence-corrected chi connectivity index (χ1v) is 12.6. The molecule has 0 bridgehead atoms. The number of amides is 1. The first kappa shape index (κ1) is 23.3. The van der Waals surface area contributed by atoms with Gasteiger partial charge in [-0.25, -0.2) is 4.98 Å². The van der Waals surface area contributed by atoms with Crippen LogP contribution in [0.4, 0.5) is 5.69 Å². The van der Waals surface area contributed by atoms with Gasteiger partial charge in [-0.2, -0.15) is 12.7 Å². The molecule has 0 saturated carbocycles. The summed E-state index contributed by atoms with van der Waals surface area (Å²) in [6.45, 7) is 5.38. The Labute approximate surface area is 195 Å². The van der Waals surface area contributed by atoms with Crippen LogP contribution in [0, 0.1) is 5.92 Å². The second kappa shape index (κ2) is 8.79. The van der Waals surface area contributed by atoms with Crippen molar-refractivity contribution in [3.05, 3.63) is 58.9 Å². The smallest absolute Gasteiger partial charge is 0.301 e. The number of aromatic nitrogens is 2. The highest BCUT2D eigenvalue weighted by Crippen LogP contribution is 2.29. The average Bonchev–Trinajstić information content (AvgIpc) is 3.06. The van der Waals surface area contributed by atoms with Gasteiger partial charge in [0, 0.05) is 40.7 Å². The molecule has 0 fully saturated rings. The third-order valence-corrected chi connectivity index (χ3v) is 7.48. The van der Waals surface area contributed by atoms with Crippen molar-refractivity contribution in [2.45, 2.75) is 33.2 Å². The third-order valence-electron chi connectivity index (χ3n) is 6.03. The van der Waals surface area contributed by atoms with Crippen molar-refractivity contribution in [3.63, 3.8) is 0 Å². The molecule has 4 rings (SSSR count). The topological polar surface area (TPSA) is 87.5 Å². The number of aryl methyl sites for hydroxylation is 1. The highest BCUT2D eigenvalue weighted by molar-refractivity contribution is 7.90. The average molecular weight is 470 g/mol. The van der Waals surface area contributed by atoms with Crippen LogP contribution in [0.3, 0.4) is 0 Å². The lowest BCUT2D eigenvalue weighted by atomic mass is 9.99. The van der Waals surface area contributed by atoms with Gasteiger partial charge in [0.2, 0.25) is 0 Å². The van der Waals surface area contributed by atoms with Crippen LogP contribution in [-0.4, -0.2) is 53.7 Å². The van der Waals surface area contributed by atoms with Crippen LogP contribution >= 0.6 is 0 Å². The molecule has 8 nitrogen and oxygen atoms in total. The van der Waals surface area contributed by atoms with Gasteiger partial charge in [0.05, 0.1) is 22.3 Å². The molecule has 0 aliphatic carbocycles. The van der Waals surface area contributed by atoms with Gasteiger partial charge in [-0.1, -0.05) is 38.1 Å². The molecule has 0 radical (unpaired) electrons. The summed E-state index contributed by atoms with van der Waals surface area (Å²) in [5.41, 5.74) is 4.51. The van der Waals surface area contributed by atoms with Crippen LogP contribution < -0.4 is 4.72 Å². The van der Waals surface area contributed by atoms with Gasteiger partial charge in [-0.05, 0) is 35.6 Å². The quantitative estimate of drug-likeness (QED) is 0.601. The van der Waals surface area contributed by atoms with Crippen molar-refractivity contribution in [2.24, 2.45) is 13.0 Å². The minimum absolute atomic E-state index is 0.125. The molecule has 2 heterocycles. The van der Waals surface area contributed by atoms with Gasteiger partial charge in [-0.3, -0.25) is 9.52 Å². The maximum Gasteiger partial charge on any atom is 0.301 e. The standard InChI is InChI=1S/C24H31N5O3S/c1-16(2)12-22-25-21-14-19(26-33(31,32)27(3)4)13-20(23(21)28(22)5)24(30)29-11-10-17-8-6-7-9-18(17)15-29/h6-9,13-14,16,26H,10-12,15H2,1-5H3. The Morgan fingerprint density at radius 3 is 2.55 bits per heavy atom. The van der Waals surface area contributed by atoms with E-state index in [1.54, 1.807) is 12.1 Å². The number of nitrogens with zero attached hydrogens (tertiary/aromatic N) is 4. The fraction of sp³-hybridized carbons (Fsp3) is 0.417. The molecule has 0 saturated heterocycles. The molecule has 3 aromatic rings. The van der Waals surface area contributed by atoms with E-state index < -0.39 is 10.2 Å². The fourth-order valence-electron chi connectivity index (χ4n) is 4.25. The number of fused-ring (bicyclic) bond motifs is 2. The maximum absolute atomic E-state index is 13.8. The Kier molecular flexibility index (Phi) is 6.20. The molecule has 1 aliphatic heterocycles. The van der Waals surface area contributed by atoms with Crippen molar-refractivity contribution in [1.29, 1.82) is 0 Å². The normalized spacial score (nSPS) is 14.2. The molecule has 1 aliphatic rings. The Balaban J connectivity index is 1.80. The predicted molar refractivity (Wildman–Crippen MR) is 130 cm³/mol. The molecular weight excluding hydrogens is 438 g/mol. The molecule has 1 aromatic heterocycles. The number of carbonyl (C=O) groups is 1. The Bertz CT molecular complexity index is 1310. The van der Waals surface area contributed by atoms with Crippen LogP contribution in [-0.2, 0) is 36.6 Å². The molecule has 0 spiro atoms. The van der Waals surface area contributed by atoms with E-state index in [4.69, 9.17) is 4.98 Å². The Morgan fingerprint density at radius 1 is 1.18 bits per heavy atom. The lowest BCUT2D eigenvalue weighted by Crippen LogP contribution is -2.36. The fourth-order valence-corrected chi connectivity index (χ4v) is 4.85. The van der Waals surface area contributed by atoms with E-state index in [1.165, 1.54) is 19.7 Å². The summed E-state index contributed by atoms with van der Waals surface area (Å²) >= 11 is 0. The van der Waals surface area contributed by atoms with Crippen LogP contribution in [0.5, 0.6) is 0 Å². The van der Waals surface area contributed by atoms with Crippen LogP contribution in [0.15, 0.2) is 36.4 Å². The summed E-state index contributed by atoms with van der Waals surface area (Å²) < 4.78 is 30.6. The van der Waals surface area contributed by atoms with Gasteiger partial charge in [-0.15, -0.1) is 0 Å². The molecule has 1 amide bonds. The van der Waals surface area contributed by atoms with E-state index in [2.05, 4.69) is 30.7 Å². The van der Waals surface area contributed by atoms with Crippen molar-refractivity contribution >= 4 is 32.8 Å². The number of hydrogen-bond acceptors (Lipinski definition) is 4. The second-order valence-corrected chi connectivity index (χ2v) is 11.1. The first-order chi connectivity index (χ1) is 15.6. The summed E-state index contributed by atoms with van der Waals surface area (Å²) in [5.74, 6) is 1.13. The summed E-state index contributed by atoms with van der Waals surface area (Å²) in [4.78, 5) is 20.3. The summed E-state index contributed by atoms with van der Waals surface area (Å²) in [7, 11) is 1.11. The number of nitrogens with one attached hydrogen (secondary N) is 1. The lowest BCUT2D eigenvalue weighted by molar-refractivity contribution is 0.0736. The zero-order valence-electron chi connectivity index (χ0n) is 19.8. The van der Waals surface area contributed by atoms with E-state index >= 15 is 0 Å². The predicted octanol–water partition coefficient (Wildman–Crippen LogP) is 3.19. The number of rotatable bonds is 6. The second-order valence-electron chi connectivity index (χ2n) is 9.21. The zero-order valence-corrected chi connectivity index (χ0v) is 20.6. The third kappa shape index (κ3) is 4.60. The van der Waals surface area contributed by atoms with Crippen LogP contribution in [0.1, 0.15) is 41.2 Å². The Hall–Kier alpha value is -2.91. The largest absolute Gasteiger partial charge is 0.334 e. The highest BCUT2D eigenvalue weighted by Gasteiger charge is 2.26. The number of hydrogen-bond donors (Lipinski definition) is 1. The Morgan fingerprint density at radius 2 is 1.88 bits per heavy atom. The molecule has 176 valence electrons. The number of imidazole rings is 1. The summed E-state index contributed by atoms with van der Waals surface area (Å²) in [5, 5.41) is 0. The van der Waals surface area contributed by atoms with Gasteiger partial charge in [0.25, 0.3) is 5.91 Å². The van der Waals surface area contributed by atoms with E-state index in [1.807, 2.05) is 28.6 Å². The molecule has 2 aromatic carbocycles. The zero-order chi connectivity index (χ0) is 23.9. The molecule has 33 heavy (non-hydrogen) atoms. The molecule has 1 N–H and O–H groups in total. The van der Waals surface area contributed by atoms with Crippen molar-refractivity contribution in [2.75, 3.05) is 25.4 Å². The van der Waals surface area contributed by atoms with Crippen molar-refractivity contribution in [1.82, 2.24) is 18.8 Å². The number of anilines is 1.